The van der Waals surface area contributed by atoms with Gasteiger partial charge in [-0.15, -0.1) is 0 Å². The van der Waals surface area contributed by atoms with Gasteiger partial charge in [0.05, 0.1) is 10.6 Å². The SMILES string of the molecule is Cc1ccc(S(=O)(=O)CCC(=O)NCc2ccc(N(C)C)cc2)cc1. The molecule has 2 rings (SSSR count). The maximum absolute atomic E-state index is 12.2. The average molecular weight is 360 g/mol. The highest BCUT2D eigenvalue weighted by Gasteiger charge is 2.16. The van der Waals surface area contributed by atoms with Gasteiger partial charge in [0, 0.05) is 32.7 Å². The fourth-order valence-electron chi connectivity index (χ4n) is 2.29. The molecule has 25 heavy (non-hydrogen) atoms. The Morgan fingerprint density at radius 1 is 1.00 bits per heavy atom. The normalized spacial score (nSPS) is 11.2. The van der Waals surface area contributed by atoms with Crippen molar-refractivity contribution < 1.29 is 13.2 Å². The second-order valence-corrected chi connectivity index (χ2v) is 8.33. The summed E-state index contributed by atoms with van der Waals surface area (Å²) in [6.45, 7) is 2.28. The van der Waals surface area contributed by atoms with Gasteiger partial charge in [-0.05, 0) is 36.8 Å². The molecule has 1 amide bonds. The van der Waals surface area contributed by atoms with E-state index in [9.17, 15) is 13.2 Å². The molecule has 0 aromatic heterocycles. The van der Waals surface area contributed by atoms with Crippen molar-refractivity contribution in [2.24, 2.45) is 0 Å². The predicted molar refractivity (Wildman–Crippen MR) is 100 cm³/mol. The lowest BCUT2D eigenvalue weighted by Crippen LogP contribution is -2.25. The average Bonchev–Trinajstić information content (AvgIpc) is 2.59. The van der Waals surface area contributed by atoms with Gasteiger partial charge < -0.3 is 10.2 Å². The Balaban J connectivity index is 1.85. The van der Waals surface area contributed by atoms with Gasteiger partial charge >= 0.3 is 0 Å². The van der Waals surface area contributed by atoms with Crippen LogP contribution in [0.1, 0.15) is 17.5 Å². The summed E-state index contributed by atoms with van der Waals surface area (Å²) in [7, 11) is 0.491. The number of nitrogens with one attached hydrogen (secondary N) is 1. The van der Waals surface area contributed by atoms with Crippen molar-refractivity contribution in [2.45, 2.75) is 24.8 Å². The lowest BCUT2D eigenvalue weighted by molar-refractivity contribution is -0.120. The highest BCUT2D eigenvalue weighted by Crippen LogP contribution is 2.14. The minimum absolute atomic E-state index is 0.0496. The van der Waals surface area contributed by atoms with Gasteiger partial charge in [-0.1, -0.05) is 29.8 Å². The molecule has 2 aromatic rings. The summed E-state index contributed by atoms with van der Waals surface area (Å²) in [6, 6.07) is 14.5. The number of carbonyl (C=O) groups is 1. The number of aryl methyl sites for hydroxylation is 1. The molecular formula is C19H24N2O3S. The first-order chi connectivity index (χ1) is 11.8. The third kappa shape index (κ3) is 5.60. The smallest absolute Gasteiger partial charge is 0.221 e. The van der Waals surface area contributed by atoms with Gasteiger partial charge in [0.15, 0.2) is 9.84 Å². The topological polar surface area (TPSA) is 66.5 Å². The lowest BCUT2D eigenvalue weighted by Gasteiger charge is -2.13. The summed E-state index contributed by atoms with van der Waals surface area (Å²) in [5.41, 5.74) is 3.05. The maximum Gasteiger partial charge on any atom is 0.221 e. The van der Waals surface area contributed by atoms with E-state index in [1.165, 1.54) is 0 Å². The molecule has 1 N–H and O–H groups in total. The first-order valence-electron chi connectivity index (χ1n) is 8.10. The maximum atomic E-state index is 12.2. The number of nitrogens with zero attached hydrogens (tertiary/aromatic N) is 1. The van der Waals surface area contributed by atoms with E-state index in [0.717, 1.165) is 16.8 Å². The van der Waals surface area contributed by atoms with Crippen molar-refractivity contribution in [3.05, 3.63) is 59.7 Å². The Bertz CT molecular complexity index is 811. The highest BCUT2D eigenvalue weighted by atomic mass is 32.2. The number of hydrogen-bond donors (Lipinski definition) is 1. The second kappa shape index (κ2) is 8.16. The predicted octanol–water partition coefficient (Wildman–Crippen LogP) is 2.54. The molecule has 0 fully saturated rings. The van der Waals surface area contributed by atoms with Gasteiger partial charge in [-0.2, -0.15) is 0 Å². The Morgan fingerprint density at radius 2 is 1.60 bits per heavy atom. The van der Waals surface area contributed by atoms with Crippen LogP contribution in [0.5, 0.6) is 0 Å². The number of benzene rings is 2. The zero-order chi connectivity index (χ0) is 18.4. The number of hydrogen-bond acceptors (Lipinski definition) is 4. The van der Waals surface area contributed by atoms with E-state index in [0.29, 0.717) is 6.54 Å². The largest absolute Gasteiger partial charge is 0.378 e. The van der Waals surface area contributed by atoms with Crippen molar-refractivity contribution in [3.8, 4) is 0 Å². The quantitative estimate of drug-likeness (QED) is 0.824. The van der Waals surface area contributed by atoms with E-state index in [2.05, 4.69) is 5.32 Å². The fraction of sp³-hybridized carbons (Fsp3) is 0.316. The molecule has 2 aromatic carbocycles. The van der Waals surface area contributed by atoms with Crippen LogP contribution in [-0.4, -0.2) is 34.2 Å². The summed E-state index contributed by atoms with van der Waals surface area (Å²) in [6.07, 6.45) is -0.0496. The van der Waals surface area contributed by atoms with Crippen LogP contribution in [0, 0.1) is 6.92 Å². The number of rotatable bonds is 7. The van der Waals surface area contributed by atoms with Crippen molar-refractivity contribution in [1.82, 2.24) is 5.32 Å². The van der Waals surface area contributed by atoms with Gasteiger partial charge in [-0.3, -0.25) is 4.79 Å². The Hall–Kier alpha value is -2.34. The van der Waals surface area contributed by atoms with Crippen molar-refractivity contribution in [2.75, 3.05) is 24.7 Å². The third-order valence-electron chi connectivity index (χ3n) is 3.92. The zero-order valence-electron chi connectivity index (χ0n) is 14.8. The summed E-state index contributed by atoms with van der Waals surface area (Å²) < 4.78 is 24.5. The van der Waals surface area contributed by atoms with Crippen LogP contribution >= 0.6 is 0 Å². The molecule has 0 saturated carbocycles. The van der Waals surface area contributed by atoms with Gasteiger partial charge in [0.1, 0.15) is 0 Å². The third-order valence-corrected chi connectivity index (χ3v) is 5.65. The summed E-state index contributed by atoms with van der Waals surface area (Å²) in [5.74, 6) is -0.464. The molecule has 0 aliphatic carbocycles. The molecule has 0 bridgehead atoms. The summed E-state index contributed by atoms with van der Waals surface area (Å²) in [4.78, 5) is 14.2. The summed E-state index contributed by atoms with van der Waals surface area (Å²) >= 11 is 0. The fourth-order valence-corrected chi connectivity index (χ4v) is 3.53. The van der Waals surface area contributed by atoms with Gasteiger partial charge in [-0.25, -0.2) is 8.42 Å². The van der Waals surface area contributed by atoms with Crippen LogP contribution < -0.4 is 10.2 Å². The van der Waals surface area contributed by atoms with Crippen molar-refractivity contribution in [1.29, 1.82) is 0 Å². The Kier molecular flexibility index (Phi) is 6.20. The molecule has 0 saturated heterocycles. The first kappa shape index (κ1) is 19.0. The zero-order valence-corrected chi connectivity index (χ0v) is 15.6. The standard InChI is InChI=1S/C19H24N2O3S/c1-15-4-10-18(11-5-15)25(23,24)13-12-19(22)20-14-16-6-8-17(9-7-16)21(2)3/h4-11H,12-14H2,1-3H3,(H,20,22). The molecule has 0 unspecified atom stereocenters. The van der Waals surface area contributed by atoms with E-state index in [1.54, 1.807) is 24.3 Å². The van der Waals surface area contributed by atoms with Crippen LogP contribution in [-0.2, 0) is 21.2 Å². The molecule has 0 radical (unpaired) electrons. The molecule has 0 aliphatic heterocycles. The van der Waals surface area contributed by atoms with E-state index >= 15 is 0 Å². The number of carbonyl (C=O) groups excluding carboxylic acids is 1. The molecule has 0 atom stereocenters. The molecule has 0 spiro atoms. The van der Waals surface area contributed by atoms with E-state index < -0.39 is 9.84 Å². The van der Waals surface area contributed by atoms with Crippen molar-refractivity contribution in [3.63, 3.8) is 0 Å². The van der Waals surface area contributed by atoms with Crippen LogP contribution in [0.3, 0.4) is 0 Å². The van der Waals surface area contributed by atoms with Gasteiger partial charge in [0.25, 0.3) is 0 Å². The Morgan fingerprint density at radius 3 is 2.16 bits per heavy atom. The first-order valence-corrected chi connectivity index (χ1v) is 9.75. The molecule has 134 valence electrons. The molecule has 6 heteroatoms. The van der Waals surface area contributed by atoms with E-state index in [1.807, 2.05) is 50.2 Å². The second-order valence-electron chi connectivity index (χ2n) is 6.22. The number of amides is 1. The van der Waals surface area contributed by atoms with Crippen molar-refractivity contribution >= 4 is 21.4 Å². The minimum atomic E-state index is -3.44. The molecule has 0 heterocycles. The number of anilines is 1. The number of sulfone groups is 1. The van der Waals surface area contributed by atoms with Crippen LogP contribution in [0.2, 0.25) is 0 Å². The molecular weight excluding hydrogens is 336 g/mol. The molecule has 5 nitrogen and oxygen atoms in total. The van der Waals surface area contributed by atoms with Crippen LogP contribution in [0.4, 0.5) is 5.69 Å². The highest BCUT2D eigenvalue weighted by molar-refractivity contribution is 7.91. The van der Waals surface area contributed by atoms with E-state index in [-0.39, 0.29) is 23.0 Å². The lowest BCUT2D eigenvalue weighted by atomic mass is 10.2. The summed E-state index contributed by atoms with van der Waals surface area (Å²) in [5, 5.41) is 2.76. The van der Waals surface area contributed by atoms with E-state index in [4.69, 9.17) is 0 Å². The molecule has 0 aliphatic rings. The monoisotopic (exact) mass is 360 g/mol. The Labute approximate surface area is 149 Å². The minimum Gasteiger partial charge on any atom is -0.378 e. The van der Waals surface area contributed by atoms with Crippen LogP contribution in [0.15, 0.2) is 53.4 Å². The van der Waals surface area contributed by atoms with Crippen LogP contribution in [0.25, 0.3) is 0 Å². The van der Waals surface area contributed by atoms with Gasteiger partial charge in [0.2, 0.25) is 5.91 Å².